The highest BCUT2D eigenvalue weighted by Gasteiger charge is 2.39. The molecule has 1 aliphatic carbocycles. The zero-order valence-corrected chi connectivity index (χ0v) is 11.4. The number of pyridine rings is 1. The Bertz CT molecular complexity index is 797. The molecule has 1 saturated carbocycles. The molecule has 0 radical (unpaired) electrons. The third-order valence-corrected chi connectivity index (χ3v) is 3.82. The van der Waals surface area contributed by atoms with E-state index in [2.05, 4.69) is 25.4 Å². The number of anilines is 1. The summed E-state index contributed by atoms with van der Waals surface area (Å²) < 4.78 is 14.6. The number of aromatic nitrogens is 5. The number of rotatable bonds is 3. The highest BCUT2D eigenvalue weighted by molar-refractivity contribution is 5.85. The highest BCUT2D eigenvalue weighted by atomic mass is 19.1. The van der Waals surface area contributed by atoms with Crippen molar-refractivity contribution in [2.75, 3.05) is 5.32 Å². The van der Waals surface area contributed by atoms with Gasteiger partial charge in [0.15, 0.2) is 5.82 Å². The molecule has 1 N–H and O–H groups in total. The summed E-state index contributed by atoms with van der Waals surface area (Å²) in [7, 11) is 1.87. The summed E-state index contributed by atoms with van der Waals surface area (Å²) >= 11 is 0. The van der Waals surface area contributed by atoms with Crippen molar-refractivity contribution in [2.45, 2.75) is 18.4 Å². The Morgan fingerprint density at radius 1 is 1.24 bits per heavy atom. The van der Waals surface area contributed by atoms with Crippen LogP contribution < -0.4 is 5.32 Å². The van der Waals surface area contributed by atoms with E-state index in [9.17, 15) is 4.39 Å². The van der Waals surface area contributed by atoms with E-state index in [1.807, 2.05) is 7.05 Å². The van der Waals surface area contributed by atoms with E-state index in [0.29, 0.717) is 5.92 Å². The van der Waals surface area contributed by atoms with Crippen molar-refractivity contribution in [3.05, 3.63) is 42.4 Å². The van der Waals surface area contributed by atoms with Crippen LogP contribution in [0, 0.1) is 5.95 Å². The van der Waals surface area contributed by atoms with Crippen LogP contribution in [0.25, 0.3) is 11.0 Å². The summed E-state index contributed by atoms with van der Waals surface area (Å²) in [5, 5.41) is 7.61. The second-order valence-electron chi connectivity index (χ2n) is 5.23. The fraction of sp³-hybridized carbons (Fsp3) is 0.286. The summed E-state index contributed by atoms with van der Waals surface area (Å²) in [5.41, 5.74) is 2.75. The minimum absolute atomic E-state index is 0.283. The second kappa shape index (κ2) is 4.47. The van der Waals surface area contributed by atoms with Gasteiger partial charge in [-0.3, -0.25) is 4.68 Å². The first-order valence-electron chi connectivity index (χ1n) is 6.73. The third-order valence-electron chi connectivity index (χ3n) is 3.82. The van der Waals surface area contributed by atoms with E-state index in [1.165, 1.54) is 12.4 Å². The van der Waals surface area contributed by atoms with E-state index in [-0.39, 0.29) is 6.04 Å². The first-order chi connectivity index (χ1) is 10.2. The van der Waals surface area contributed by atoms with E-state index < -0.39 is 5.95 Å². The molecular weight excluding hydrogens is 271 g/mol. The van der Waals surface area contributed by atoms with Crippen molar-refractivity contribution in [1.82, 2.24) is 24.7 Å². The van der Waals surface area contributed by atoms with Crippen LogP contribution >= 0.6 is 0 Å². The number of fused-ring (bicyclic) bond motifs is 1. The first-order valence-corrected chi connectivity index (χ1v) is 6.73. The van der Waals surface area contributed by atoms with Gasteiger partial charge in [-0.05, 0) is 18.1 Å². The van der Waals surface area contributed by atoms with E-state index >= 15 is 0 Å². The number of hydrogen-bond donors (Lipinski definition) is 1. The molecule has 0 bridgehead atoms. The molecule has 7 heteroatoms. The van der Waals surface area contributed by atoms with Gasteiger partial charge >= 0.3 is 0 Å². The van der Waals surface area contributed by atoms with Gasteiger partial charge in [0, 0.05) is 25.2 Å². The maximum absolute atomic E-state index is 12.8. The molecule has 1 aliphatic rings. The Hall–Kier alpha value is -2.57. The predicted octanol–water partition coefficient (Wildman–Crippen LogP) is 1.87. The highest BCUT2D eigenvalue weighted by Crippen LogP contribution is 2.42. The maximum atomic E-state index is 12.8. The molecule has 0 amide bonds. The molecule has 0 saturated heterocycles. The molecule has 21 heavy (non-hydrogen) atoms. The molecule has 1 fully saturated rings. The van der Waals surface area contributed by atoms with E-state index in [4.69, 9.17) is 0 Å². The van der Waals surface area contributed by atoms with Crippen molar-refractivity contribution in [2.24, 2.45) is 7.05 Å². The van der Waals surface area contributed by atoms with Crippen LogP contribution in [0.2, 0.25) is 0 Å². The Morgan fingerprint density at radius 2 is 2.14 bits per heavy atom. The van der Waals surface area contributed by atoms with Crippen LogP contribution in [0.3, 0.4) is 0 Å². The van der Waals surface area contributed by atoms with Crippen molar-refractivity contribution in [3.8, 4) is 0 Å². The normalized spacial score (nSPS) is 20.7. The van der Waals surface area contributed by atoms with Crippen LogP contribution in [0.15, 0.2) is 30.9 Å². The van der Waals surface area contributed by atoms with Crippen LogP contribution in [-0.2, 0) is 7.05 Å². The largest absolute Gasteiger partial charge is 0.365 e. The monoisotopic (exact) mass is 284 g/mol. The maximum Gasteiger partial charge on any atom is 0.212 e. The van der Waals surface area contributed by atoms with Crippen molar-refractivity contribution in [3.63, 3.8) is 0 Å². The van der Waals surface area contributed by atoms with Crippen molar-refractivity contribution in [1.29, 1.82) is 0 Å². The Morgan fingerprint density at radius 3 is 2.95 bits per heavy atom. The average Bonchev–Trinajstić information content (AvgIpc) is 3.14. The summed E-state index contributed by atoms with van der Waals surface area (Å²) in [5.74, 6) is 0.676. The van der Waals surface area contributed by atoms with Gasteiger partial charge in [0.1, 0.15) is 17.4 Å². The van der Waals surface area contributed by atoms with Crippen LogP contribution in [0.5, 0.6) is 0 Å². The molecule has 0 aliphatic heterocycles. The van der Waals surface area contributed by atoms with Gasteiger partial charge in [-0.1, -0.05) is 6.07 Å². The van der Waals surface area contributed by atoms with Gasteiger partial charge in [-0.25, -0.2) is 15.0 Å². The zero-order valence-electron chi connectivity index (χ0n) is 11.4. The Labute approximate surface area is 120 Å². The number of nitrogens with zero attached hydrogens (tertiary/aromatic N) is 5. The average molecular weight is 284 g/mol. The molecule has 0 spiro atoms. The van der Waals surface area contributed by atoms with Gasteiger partial charge in [0.2, 0.25) is 5.95 Å². The standard InChI is InChI=1S/C14H13FN6/c1-21-13-11(6-19-21)17-7-18-14(13)20-10-4-9(10)8-2-3-12(15)16-5-8/h2-3,5-7,9-10H,4H2,1H3,(H,17,18,20)/t9-,10+/m0/s1. The summed E-state index contributed by atoms with van der Waals surface area (Å²) in [6, 6.07) is 3.47. The molecular formula is C14H13FN6. The number of nitrogens with one attached hydrogen (secondary N) is 1. The van der Waals surface area contributed by atoms with Gasteiger partial charge in [0.05, 0.1) is 6.20 Å². The van der Waals surface area contributed by atoms with Crippen molar-refractivity contribution < 1.29 is 4.39 Å². The zero-order chi connectivity index (χ0) is 14.4. The number of hydrogen-bond acceptors (Lipinski definition) is 5. The van der Waals surface area contributed by atoms with Crippen LogP contribution in [-0.4, -0.2) is 30.8 Å². The molecule has 3 heterocycles. The second-order valence-corrected chi connectivity index (χ2v) is 5.23. The quantitative estimate of drug-likeness (QED) is 0.744. The smallest absolute Gasteiger partial charge is 0.212 e. The molecule has 2 atom stereocenters. The molecule has 106 valence electrons. The van der Waals surface area contributed by atoms with Crippen LogP contribution in [0.4, 0.5) is 10.2 Å². The molecule has 4 rings (SSSR count). The molecule has 0 unspecified atom stereocenters. The van der Waals surface area contributed by atoms with E-state index in [1.54, 1.807) is 23.1 Å². The Kier molecular flexibility index (Phi) is 2.60. The van der Waals surface area contributed by atoms with E-state index in [0.717, 1.165) is 28.8 Å². The fourth-order valence-electron chi connectivity index (χ4n) is 2.62. The molecule has 6 nitrogen and oxygen atoms in total. The Balaban J connectivity index is 1.57. The topological polar surface area (TPSA) is 68.5 Å². The summed E-state index contributed by atoms with van der Waals surface area (Å²) in [6.07, 6.45) is 5.83. The van der Waals surface area contributed by atoms with Crippen LogP contribution in [0.1, 0.15) is 17.9 Å². The SMILES string of the molecule is Cn1ncc2ncnc(N[C@@H]3C[C@H]3c3ccc(F)nc3)c21. The molecule has 3 aromatic rings. The summed E-state index contributed by atoms with van der Waals surface area (Å²) in [6.45, 7) is 0. The fourth-order valence-corrected chi connectivity index (χ4v) is 2.62. The summed E-state index contributed by atoms with van der Waals surface area (Å²) in [4.78, 5) is 12.2. The predicted molar refractivity (Wildman–Crippen MR) is 75.3 cm³/mol. The number of aryl methyl sites for hydroxylation is 1. The third kappa shape index (κ3) is 2.10. The lowest BCUT2D eigenvalue weighted by atomic mass is 10.2. The van der Waals surface area contributed by atoms with Crippen molar-refractivity contribution >= 4 is 16.9 Å². The van der Waals surface area contributed by atoms with Gasteiger partial charge in [0.25, 0.3) is 0 Å². The lowest BCUT2D eigenvalue weighted by Gasteiger charge is -2.07. The molecule has 0 aromatic carbocycles. The van der Waals surface area contributed by atoms with Gasteiger partial charge < -0.3 is 5.32 Å². The minimum Gasteiger partial charge on any atom is -0.365 e. The minimum atomic E-state index is -0.448. The molecule has 3 aromatic heterocycles. The first kappa shape index (κ1) is 12.2. The number of halogens is 1. The van der Waals surface area contributed by atoms with Gasteiger partial charge in [-0.15, -0.1) is 0 Å². The lowest BCUT2D eigenvalue weighted by Crippen LogP contribution is -2.08. The van der Waals surface area contributed by atoms with Gasteiger partial charge in [-0.2, -0.15) is 9.49 Å². The lowest BCUT2D eigenvalue weighted by molar-refractivity contribution is 0.582.